The Kier molecular flexibility index (Phi) is 8.56. The van der Waals surface area contributed by atoms with Crippen molar-refractivity contribution >= 4 is 5.91 Å². The van der Waals surface area contributed by atoms with Crippen LogP contribution in [0.2, 0.25) is 0 Å². The van der Waals surface area contributed by atoms with Gasteiger partial charge in [-0.1, -0.05) is 25.1 Å². The van der Waals surface area contributed by atoms with Crippen molar-refractivity contribution in [2.24, 2.45) is 0 Å². The molecule has 0 fully saturated rings. The lowest BCUT2D eigenvalue weighted by atomic mass is 9.88. The lowest BCUT2D eigenvalue weighted by molar-refractivity contribution is -0.117. The van der Waals surface area contributed by atoms with Gasteiger partial charge in [0.2, 0.25) is 0 Å². The number of nitrogens with zero attached hydrogens (tertiary/aromatic N) is 1. The third-order valence-electron chi connectivity index (χ3n) is 5.67. The van der Waals surface area contributed by atoms with Gasteiger partial charge in [0, 0.05) is 12.7 Å². The highest BCUT2D eigenvalue weighted by Gasteiger charge is 2.18. The minimum atomic E-state index is -0.374. The first-order chi connectivity index (χ1) is 15.6. The fraction of sp³-hybridized carbons (Fsp3) is 0.385. The number of ether oxygens (including phenoxy) is 2. The van der Waals surface area contributed by atoms with E-state index in [4.69, 9.17) is 9.47 Å². The van der Waals surface area contributed by atoms with Crippen LogP contribution in [0.1, 0.15) is 48.9 Å². The lowest BCUT2D eigenvalue weighted by Crippen LogP contribution is -2.30. The van der Waals surface area contributed by atoms with Crippen LogP contribution in [-0.2, 0) is 17.6 Å². The Morgan fingerprint density at radius 2 is 1.84 bits per heavy atom. The van der Waals surface area contributed by atoms with E-state index in [-0.39, 0.29) is 17.5 Å². The second-order valence-electron chi connectivity index (χ2n) is 7.82. The van der Waals surface area contributed by atoms with Crippen molar-refractivity contribution in [2.45, 2.75) is 45.1 Å². The Morgan fingerprint density at radius 3 is 2.53 bits per heavy atom. The number of nitrogens with one attached hydrogen (secondary N) is 2. The molecular formula is C26H31N3O3. The van der Waals surface area contributed by atoms with Gasteiger partial charge in [0.05, 0.1) is 13.2 Å². The highest BCUT2D eigenvalue weighted by atomic mass is 16.5. The Hall–Kier alpha value is -3.46. The summed E-state index contributed by atoms with van der Waals surface area (Å²) >= 11 is 0. The summed E-state index contributed by atoms with van der Waals surface area (Å²) in [4.78, 5) is 12.7. The number of hydrogen-bond acceptors (Lipinski definition) is 5. The SMILES string of the molecule is CCC(NC(=O)/C(C#N)=C\NCCOc1ccc(OC)cc1)c1ccc2c(c1)CCCC2. The van der Waals surface area contributed by atoms with E-state index in [1.165, 1.54) is 30.2 Å². The van der Waals surface area contributed by atoms with Crippen LogP contribution in [0.5, 0.6) is 11.5 Å². The molecule has 0 aromatic heterocycles. The molecule has 0 saturated heterocycles. The molecule has 1 aliphatic rings. The number of aryl methyl sites for hydroxylation is 2. The van der Waals surface area contributed by atoms with Crippen LogP contribution in [0.3, 0.4) is 0 Å². The molecule has 1 amide bonds. The molecular weight excluding hydrogens is 402 g/mol. The molecule has 0 saturated carbocycles. The zero-order valence-corrected chi connectivity index (χ0v) is 18.8. The Morgan fingerprint density at radius 1 is 1.12 bits per heavy atom. The molecule has 0 bridgehead atoms. The van der Waals surface area contributed by atoms with E-state index >= 15 is 0 Å². The normalized spacial score (nSPS) is 14.0. The van der Waals surface area contributed by atoms with Crippen molar-refractivity contribution in [3.05, 3.63) is 70.9 Å². The summed E-state index contributed by atoms with van der Waals surface area (Å²) in [5.41, 5.74) is 3.95. The summed E-state index contributed by atoms with van der Waals surface area (Å²) in [6.07, 6.45) is 6.90. The average molecular weight is 434 g/mol. The number of fused-ring (bicyclic) bond motifs is 1. The van der Waals surface area contributed by atoms with Gasteiger partial charge < -0.3 is 20.1 Å². The number of amides is 1. The van der Waals surface area contributed by atoms with Gasteiger partial charge in [-0.2, -0.15) is 5.26 Å². The monoisotopic (exact) mass is 433 g/mol. The van der Waals surface area contributed by atoms with E-state index in [9.17, 15) is 10.1 Å². The molecule has 0 radical (unpaired) electrons. The topological polar surface area (TPSA) is 83.4 Å². The summed E-state index contributed by atoms with van der Waals surface area (Å²) in [5, 5.41) is 15.4. The van der Waals surface area contributed by atoms with Gasteiger partial charge in [0.1, 0.15) is 29.7 Å². The van der Waals surface area contributed by atoms with Crippen molar-refractivity contribution in [3.63, 3.8) is 0 Å². The lowest BCUT2D eigenvalue weighted by Gasteiger charge is -2.21. The smallest absolute Gasteiger partial charge is 0.263 e. The molecule has 0 heterocycles. The number of benzene rings is 2. The summed E-state index contributed by atoms with van der Waals surface area (Å²) in [5.74, 6) is 1.12. The van der Waals surface area contributed by atoms with Gasteiger partial charge in [0.25, 0.3) is 5.91 Å². The molecule has 2 N–H and O–H groups in total. The van der Waals surface area contributed by atoms with E-state index in [0.717, 1.165) is 36.3 Å². The highest BCUT2D eigenvalue weighted by Crippen LogP contribution is 2.26. The van der Waals surface area contributed by atoms with Gasteiger partial charge >= 0.3 is 0 Å². The fourth-order valence-electron chi connectivity index (χ4n) is 3.85. The molecule has 1 unspecified atom stereocenters. The highest BCUT2D eigenvalue weighted by molar-refractivity contribution is 5.97. The summed E-state index contributed by atoms with van der Waals surface area (Å²) in [6.45, 7) is 2.90. The number of rotatable bonds is 10. The maximum absolute atomic E-state index is 12.7. The molecule has 0 aliphatic heterocycles. The van der Waals surface area contributed by atoms with E-state index in [2.05, 4.69) is 28.8 Å². The summed E-state index contributed by atoms with van der Waals surface area (Å²) < 4.78 is 10.8. The Bertz CT molecular complexity index is 977. The number of carbonyl (C=O) groups excluding carboxylic acids is 1. The molecule has 2 aromatic carbocycles. The van der Waals surface area contributed by atoms with Crippen LogP contribution in [0, 0.1) is 11.3 Å². The fourth-order valence-corrected chi connectivity index (χ4v) is 3.85. The quantitative estimate of drug-likeness (QED) is 0.333. The van der Waals surface area contributed by atoms with Crippen molar-refractivity contribution < 1.29 is 14.3 Å². The number of methoxy groups -OCH3 is 1. The average Bonchev–Trinajstić information content (AvgIpc) is 2.84. The molecule has 6 heteroatoms. The zero-order chi connectivity index (χ0) is 22.8. The predicted molar refractivity (Wildman–Crippen MR) is 124 cm³/mol. The summed E-state index contributed by atoms with van der Waals surface area (Å²) in [6, 6.07) is 15.7. The third-order valence-corrected chi connectivity index (χ3v) is 5.67. The molecule has 1 atom stereocenters. The van der Waals surface area contributed by atoms with E-state index in [1.54, 1.807) is 7.11 Å². The standard InChI is InChI=1S/C26H31N3O3/c1-3-25(21-9-8-19-6-4-5-7-20(19)16-21)29-26(30)22(17-27)18-28-14-15-32-24-12-10-23(31-2)11-13-24/h8-13,16,18,25,28H,3-7,14-15H2,1-2H3,(H,29,30)/b22-18-. The second-order valence-corrected chi connectivity index (χ2v) is 7.82. The first-order valence-corrected chi connectivity index (χ1v) is 11.2. The number of nitriles is 1. The molecule has 3 rings (SSSR count). The Balaban J connectivity index is 1.51. The number of carbonyl (C=O) groups is 1. The molecule has 1 aliphatic carbocycles. The minimum absolute atomic E-state index is 0.0471. The number of hydrogen-bond donors (Lipinski definition) is 2. The molecule has 32 heavy (non-hydrogen) atoms. The third kappa shape index (κ3) is 6.27. The van der Waals surface area contributed by atoms with Crippen molar-refractivity contribution in [2.75, 3.05) is 20.3 Å². The van der Waals surface area contributed by atoms with Gasteiger partial charge in [-0.25, -0.2) is 0 Å². The minimum Gasteiger partial charge on any atom is -0.497 e. The maximum atomic E-state index is 12.7. The van der Waals surface area contributed by atoms with Gasteiger partial charge in [0.15, 0.2) is 0 Å². The van der Waals surface area contributed by atoms with Crippen molar-refractivity contribution in [1.82, 2.24) is 10.6 Å². The second kappa shape index (κ2) is 11.8. The predicted octanol–water partition coefficient (Wildman–Crippen LogP) is 4.22. The van der Waals surface area contributed by atoms with Crippen LogP contribution >= 0.6 is 0 Å². The first kappa shape index (κ1) is 23.2. The van der Waals surface area contributed by atoms with Gasteiger partial charge in [-0.15, -0.1) is 0 Å². The Labute approximate surface area is 190 Å². The maximum Gasteiger partial charge on any atom is 0.263 e. The van der Waals surface area contributed by atoms with Gasteiger partial charge in [-0.05, 0) is 73.1 Å². The van der Waals surface area contributed by atoms with Crippen LogP contribution < -0.4 is 20.1 Å². The molecule has 168 valence electrons. The molecule has 0 spiro atoms. The van der Waals surface area contributed by atoms with Crippen molar-refractivity contribution in [3.8, 4) is 17.6 Å². The zero-order valence-electron chi connectivity index (χ0n) is 18.8. The van der Waals surface area contributed by atoms with Crippen LogP contribution in [0.4, 0.5) is 0 Å². The van der Waals surface area contributed by atoms with Crippen LogP contribution in [-0.4, -0.2) is 26.2 Å². The largest absolute Gasteiger partial charge is 0.497 e. The molecule has 6 nitrogen and oxygen atoms in total. The van der Waals surface area contributed by atoms with E-state index in [1.807, 2.05) is 37.3 Å². The van der Waals surface area contributed by atoms with Crippen LogP contribution in [0.25, 0.3) is 0 Å². The van der Waals surface area contributed by atoms with Crippen LogP contribution in [0.15, 0.2) is 54.2 Å². The molecule has 2 aromatic rings. The van der Waals surface area contributed by atoms with E-state index in [0.29, 0.717) is 13.2 Å². The summed E-state index contributed by atoms with van der Waals surface area (Å²) in [7, 11) is 1.62. The van der Waals surface area contributed by atoms with Gasteiger partial charge in [-0.3, -0.25) is 4.79 Å². The van der Waals surface area contributed by atoms with E-state index < -0.39 is 0 Å². The first-order valence-electron chi connectivity index (χ1n) is 11.2. The van der Waals surface area contributed by atoms with Crippen molar-refractivity contribution in [1.29, 1.82) is 5.26 Å².